The van der Waals surface area contributed by atoms with Gasteiger partial charge in [0, 0.05) is 11.4 Å². The smallest absolute Gasteiger partial charge is 0.188 e. The number of nitrogens with one attached hydrogen (secondary N) is 3. The van der Waals surface area contributed by atoms with E-state index in [1.165, 1.54) is 11.9 Å². The number of rotatable bonds is 7. The maximum Gasteiger partial charge on any atom is 0.188 e. The molecule has 0 aliphatic rings. The molecule has 0 unspecified atom stereocenters. The number of anilines is 4. The van der Waals surface area contributed by atoms with E-state index in [1.54, 1.807) is 0 Å². The lowest BCUT2D eigenvalue weighted by molar-refractivity contribution is 0.833. The third kappa shape index (κ3) is 3.88. The first-order chi connectivity index (χ1) is 13.3. The van der Waals surface area contributed by atoms with Crippen LogP contribution in [0.4, 0.5) is 23.0 Å². The third-order valence-corrected chi connectivity index (χ3v) is 4.28. The second kappa shape index (κ2) is 7.84. The lowest BCUT2D eigenvalue weighted by atomic mass is 10.1. The highest BCUT2D eigenvalue weighted by Crippen LogP contribution is 2.29. The number of aryl methyl sites for hydroxylation is 1. The summed E-state index contributed by atoms with van der Waals surface area (Å²) in [5, 5.41) is 14.8. The van der Waals surface area contributed by atoms with Gasteiger partial charge in [-0.2, -0.15) is 5.10 Å². The average Bonchev–Trinajstić information content (AvgIpc) is 3.12. The summed E-state index contributed by atoms with van der Waals surface area (Å²) in [7, 11) is 0. The van der Waals surface area contributed by atoms with E-state index < -0.39 is 0 Å². The molecule has 0 saturated heterocycles. The number of hydrogen-bond donors (Lipinski definition) is 4. The van der Waals surface area contributed by atoms with E-state index in [4.69, 9.17) is 5.73 Å². The summed E-state index contributed by atoms with van der Waals surface area (Å²) >= 11 is 0. The molecule has 0 bridgehead atoms. The molecule has 7 heteroatoms. The minimum atomic E-state index is 0.602. The Balaban J connectivity index is 1.61. The van der Waals surface area contributed by atoms with E-state index in [-0.39, 0.29) is 0 Å². The van der Waals surface area contributed by atoms with Gasteiger partial charge in [-0.05, 0) is 49.2 Å². The van der Waals surface area contributed by atoms with Gasteiger partial charge in [0.15, 0.2) is 5.65 Å². The van der Waals surface area contributed by atoms with E-state index in [0.29, 0.717) is 18.0 Å². The molecule has 0 aliphatic heterocycles. The molecule has 2 aromatic heterocycles. The highest BCUT2D eigenvalue weighted by Gasteiger charge is 2.13. The molecule has 4 rings (SSSR count). The van der Waals surface area contributed by atoms with Gasteiger partial charge in [0.2, 0.25) is 0 Å². The predicted molar refractivity (Wildman–Crippen MR) is 109 cm³/mol. The number of benzene rings is 2. The van der Waals surface area contributed by atoms with Crippen LogP contribution < -0.4 is 16.4 Å². The van der Waals surface area contributed by atoms with E-state index in [9.17, 15) is 0 Å². The van der Waals surface area contributed by atoms with Crippen molar-refractivity contribution in [3.8, 4) is 0 Å². The molecule has 2 aromatic carbocycles. The van der Waals surface area contributed by atoms with E-state index in [1.807, 2.05) is 42.5 Å². The van der Waals surface area contributed by atoms with E-state index in [2.05, 4.69) is 42.9 Å². The molecule has 27 heavy (non-hydrogen) atoms. The molecule has 0 spiro atoms. The zero-order valence-corrected chi connectivity index (χ0v) is 14.8. The zero-order chi connectivity index (χ0) is 18.5. The molecule has 7 nitrogen and oxygen atoms in total. The zero-order valence-electron chi connectivity index (χ0n) is 14.8. The number of aromatic nitrogens is 4. The molecule has 0 radical (unpaired) electrons. The van der Waals surface area contributed by atoms with Crippen LogP contribution in [0.15, 0.2) is 60.9 Å². The molecule has 0 atom stereocenters. The molecular formula is C20H21N7. The van der Waals surface area contributed by atoms with Crippen molar-refractivity contribution in [2.24, 2.45) is 5.73 Å². The Kier molecular flexibility index (Phi) is 4.93. The molecule has 4 aromatic rings. The summed E-state index contributed by atoms with van der Waals surface area (Å²) in [5.74, 6) is 1.45. The van der Waals surface area contributed by atoms with Crippen LogP contribution in [0.1, 0.15) is 12.0 Å². The number of nitrogens with zero attached hydrogens (tertiary/aromatic N) is 3. The first-order valence-corrected chi connectivity index (χ1v) is 8.90. The van der Waals surface area contributed by atoms with Crippen molar-refractivity contribution in [2.45, 2.75) is 12.8 Å². The summed E-state index contributed by atoms with van der Waals surface area (Å²) in [6.45, 7) is 0.705. The maximum atomic E-state index is 5.58. The van der Waals surface area contributed by atoms with Crippen molar-refractivity contribution in [2.75, 3.05) is 17.2 Å². The van der Waals surface area contributed by atoms with Gasteiger partial charge in [-0.15, -0.1) is 0 Å². The van der Waals surface area contributed by atoms with Crippen molar-refractivity contribution in [1.29, 1.82) is 0 Å². The molecule has 136 valence electrons. The summed E-state index contributed by atoms with van der Waals surface area (Å²) in [4.78, 5) is 8.66. The Morgan fingerprint density at radius 1 is 0.889 bits per heavy atom. The van der Waals surface area contributed by atoms with Gasteiger partial charge in [0.1, 0.15) is 23.3 Å². The number of aromatic amines is 1. The second-order valence-electron chi connectivity index (χ2n) is 6.22. The quantitative estimate of drug-likeness (QED) is 0.401. The van der Waals surface area contributed by atoms with Gasteiger partial charge < -0.3 is 16.4 Å². The number of hydrogen-bond acceptors (Lipinski definition) is 6. The molecule has 2 heterocycles. The molecule has 0 amide bonds. The van der Waals surface area contributed by atoms with Crippen LogP contribution in [0.2, 0.25) is 0 Å². The van der Waals surface area contributed by atoms with Gasteiger partial charge >= 0.3 is 0 Å². The largest absolute Gasteiger partial charge is 0.340 e. The number of nitrogens with two attached hydrogens (primary N) is 1. The number of H-pyrrole nitrogens is 1. The minimum Gasteiger partial charge on any atom is -0.340 e. The van der Waals surface area contributed by atoms with Crippen molar-refractivity contribution in [1.82, 2.24) is 20.2 Å². The molecule has 0 saturated carbocycles. The molecular weight excluding hydrogens is 338 g/mol. The van der Waals surface area contributed by atoms with Gasteiger partial charge in [0.25, 0.3) is 0 Å². The van der Waals surface area contributed by atoms with Crippen LogP contribution in [-0.4, -0.2) is 26.7 Å². The fourth-order valence-electron chi connectivity index (χ4n) is 2.90. The third-order valence-electron chi connectivity index (χ3n) is 4.28. The molecule has 0 fully saturated rings. The van der Waals surface area contributed by atoms with Crippen LogP contribution in [0, 0.1) is 0 Å². The number of para-hydroxylation sites is 1. The lowest BCUT2D eigenvalue weighted by Crippen LogP contribution is -2.00. The average molecular weight is 359 g/mol. The maximum absolute atomic E-state index is 5.58. The monoisotopic (exact) mass is 359 g/mol. The summed E-state index contributed by atoms with van der Waals surface area (Å²) in [6, 6.07) is 18.2. The highest BCUT2D eigenvalue weighted by molar-refractivity contribution is 5.98. The molecule has 5 N–H and O–H groups in total. The first-order valence-electron chi connectivity index (χ1n) is 8.90. The SMILES string of the molecule is NCCCc1ccc(Nc2ncnc3n[nH]c(Nc4ccccc4)c23)cc1. The van der Waals surface area contributed by atoms with Gasteiger partial charge in [0.05, 0.1) is 0 Å². The summed E-state index contributed by atoms with van der Waals surface area (Å²) in [5.41, 5.74) is 9.37. The van der Waals surface area contributed by atoms with Crippen molar-refractivity contribution in [3.63, 3.8) is 0 Å². The van der Waals surface area contributed by atoms with Crippen molar-refractivity contribution >= 4 is 34.0 Å². The highest BCUT2D eigenvalue weighted by atomic mass is 15.2. The normalized spacial score (nSPS) is 10.9. The second-order valence-corrected chi connectivity index (χ2v) is 6.22. The van der Waals surface area contributed by atoms with Crippen LogP contribution in [0.3, 0.4) is 0 Å². The Bertz CT molecular complexity index is 1010. The standard InChI is InChI=1S/C20H21N7/c21-12-4-5-14-8-10-16(11-9-14)24-18-17-19(23-13-22-18)26-27-20(17)25-15-6-2-1-3-7-15/h1-3,6-11,13H,4-5,12,21H2,(H3,22,23,24,25,26,27). The van der Waals surface area contributed by atoms with Crippen molar-refractivity contribution in [3.05, 3.63) is 66.5 Å². The summed E-state index contributed by atoms with van der Waals surface area (Å²) in [6.07, 6.45) is 3.48. The minimum absolute atomic E-state index is 0.602. The number of fused-ring (bicyclic) bond motifs is 1. The summed E-state index contributed by atoms with van der Waals surface area (Å²) < 4.78 is 0. The van der Waals surface area contributed by atoms with E-state index >= 15 is 0 Å². The van der Waals surface area contributed by atoms with Crippen LogP contribution in [0.5, 0.6) is 0 Å². The first kappa shape index (κ1) is 17.0. The lowest BCUT2D eigenvalue weighted by Gasteiger charge is -2.09. The van der Waals surface area contributed by atoms with Crippen LogP contribution in [0.25, 0.3) is 11.0 Å². The Labute approximate surface area is 157 Å². The molecule has 0 aliphatic carbocycles. The fraction of sp³-hybridized carbons (Fsp3) is 0.150. The Hall–Kier alpha value is -3.45. The van der Waals surface area contributed by atoms with Gasteiger partial charge in [-0.1, -0.05) is 30.3 Å². The van der Waals surface area contributed by atoms with Crippen molar-refractivity contribution < 1.29 is 0 Å². The van der Waals surface area contributed by atoms with Crippen LogP contribution in [-0.2, 0) is 6.42 Å². The predicted octanol–water partition coefficient (Wildman–Crippen LogP) is 3.73. The van der Waals surface area contributed by atoms with Gasteiger partial charge in [-0.3, -0.25) is 5.10 Å². The van der Waals surface area contributed by atoms with E-state index in [0.717, 1.165) is 35.4 Å². The van der Waals surface area contributed by atoms with Crippen LogP contribution >= 0.6 is 0 Å². The fourth-order valence-corrected chi connectivity index (χ4v) is 2.90. The topological polar surface area (TPSA) is 105 Å². The van der Waals surface area contributed by atoms with Gasteiger partial charge in [-0.25, -0.2) is 9.97 Å². The Morgan fingerprint density at radius 2 is 1.67 bits per heavy atom. The Morgan fingerprint density at radius 3 is 2.44 bits per heavy atom.